The number of nitro benzene ring substituents is 1. The zero-order chi connectivity index (χ0) is 24.9. The van der Waals surface area contributed by atoms with Crippen LogP contribution in [0.5, 0.6) is 5.75 Å². The Hall–Kier alpha value is -2.89. The molecule has 0 unspecified atom stereocenters. The third-order valence-electron chi connectivity index (χ3n) is 4.08. The molecule has 1 N–H and O–H groups in total. The number of nitrogens with zero attached hydrogens (tertiary/aromatic N) is 1. The number of alkyl halides is 1. The summed E-state index contributed by atoms with van der Waals surface area (Å²) >= 11 is 5.61. The summed E-state index contributed by atoms with van der Waals surface area (Å²) in [4.78, 5) is 33.1. The maximum Gasteiger partial charge on any atom is 0.514 e. The van der Waals surface area contributed by atoms with E-state index >= 15 is 0 Å². The van der Waals surface area contributed by atoms with Crippen LogP contribution in [0.2, 0.25) is 0 Å². The Balaban J connectivity index is 1.94. The first-order chi connectivity index (χ1) is 16.5. The monoisotopic (exact) mass is 502 g/mol. The van der Waals surface area contributed by atoms with Gasteiger partial charge < -0.3 is 29.0 Å². The molecule has 0 radical (unpaired) electrons. The number of benzene rings is 1. The van der Waals surface area contributed by atoms with E-state index in [4.69, 9.17) is 35.3 Å². The first-order valence-corrected chi connectivity index (χ1v) is 11.4. The van der Waals surface area contributed by atoms with Crippen LogP contribution in [0.4, 0.5) is 15.3 Å². The second-order valence-electron chi connectivity index (χ2n) is 6.74. The van der Waals surface area contributed by atoms with Gasteiger partial charge in [-0.3, -0.25) is 10.1 Å². The minimum Gasteiger partial charge on any atom is -0.445 e. The predicted molar refractivity (Wildman–Crippen MR) is 124 cm³/mol. The molecule has 1 aromatic rings. The van der Waals surface area contributed by atoms with E-state index in [9.17, 15) is 19.7 Å². The number of nitrogens with one attached hydrogen (secondary N) is 1. The molecule has 12 heteroatoms. The van der Waals surface area contributed by atoms with E-state index in [1.807, 2.05) is 0 Å². The summed E-state index contributed by atoms with van der Waals surface area (Å²) in [6.07, 6.45) is 5.69. The van der Waals surface area contributed by atoms with Crippen molar-refractivity contribution in [3.8, 4) is 5.75 Å². The van der Waals surface area contributed by atoms with Gasteiger partial charge in [0.05, 0.1) is 24.7 Å². The lowest BCUT2D eigenvalue weighted by Gasteiger charge is -2.07. The highest BCUT2D eigenvalue weighted by molar-refractivity contribution is 6.17. The summed E-state index contributed by atoms with van der Waals surface area (Å²) in [6.45, 7) is 2.21. The van der Waals surface area contributed by atoms with Gasteiger partial charge in [0.25, 0.3) is 5.69 Å². The highest BCUT2D eigenvalue weighted by Gasteiger charge is 2.08. The second kappa shape index (κ2) is 19.6. The molecule has 0 aliphatic heterocycles. The molecular formula is C22H31ClN2O9. The van der Waals surface area contributed by atoms with Gasteiger partial charge >= 0.3 is 12.2 Å². The molecule has 0 saturated carbocycles. The van der Waals surface area contributed by atoms with Crippen LogP contribution in [0.15, 0.2) is 36.4 Å². The molecule has 0 bridgehead atoms. The number of hydrogen-bond donors (Lipinski definition) is 1. The minimum atomic E-state index is -0.968. The van der Waals surface area contributed by atoms with E-state index in [0.29, 0.717) is 38.9 Å². The maximum absolute atomic E-state index is 11.5. The zero-order valence-corrected chi connectivity index (χ0v) is 19.7. The highest BCUT2D eigenvalue weighted by atomic mass is 35.5. The van der Waals surface area contributed by atoms with Crippen LogP contribution in [0, 0.1) is 10.1 Å². The van der Waals surface area contributed by atoms with Gasteiger partial charge in [0.15, 0.2) is 0 Å². The number of ether oxygens (including phenoxy) is 5. The van der Waals surface area contributed by atoms with Crippen molar-refractivity contribution in [2.45, 2.75) is 25.7 Å². The molecule has 0 spiro atoms. The smallest absolute Gasteiger partial charge is 0.445 e. The molecule has 0 atom stereocenters. The number of nitro groups is 1. The summed E-state index contributed by atoms with van der Waals surface area (Å²) in [5.74, 6) is 0.819. The fourth-order valence-corrected chi connectivity index (χ4v) is 2.58. The third kappa shape index (κ3) is 15.8. The summed E-state index contributed by atoms with van der Waals surface area (Å²) in [5, 5.41) is 13.1. The van der Waals surface area contributed by atoms with E-state index in [1.54, 1.807) is 0 Å². The van der Waals surface area contributed by atoms with Gasteiger partial charge in [-0.2, -0.15) is 0 Å². The molecule has 0 heterocycles. The minimum absolute atomic E-state index is 0.00775. The van der Waals surface area contributed by atoms with Crippen LogP contribution in [0.3, 0.4) is 0 Å². The molecule has 1 aromatic carbocycles. The number of non-ortho nitro benzene ring substituents is 1. The van der Waals surface area contributed by atoms with E-state index < -0.39 is 17.2 Å². The maximum atomic E-state index is 11.5. The third-order valence-corrected chi connectivity index (χ3v) is 4.35. The Morgan fingerprint density at radius 2 is 1.56 bits per heavy atom. The lowest BCUT2D eigenvalue weighted by Crippen LogP contribution is -2.28. The number of alkyl carbamates (subject to hydrolysis) is 1. The van der Waals surface area contributed by atoms with Gasteiger partial charge in [-0.1, -0.05) is 12.8 Å². The standard InChI is InChI=1S/C22H31ClN2O9/c23-11-3-1-2-4-13-30-17-18-31-16-12-24-21(26)32-14-5-6-15-33-22(27)34-20-9-7-19(8-10-20)25(28)29/h5-10H,1-4,11-18H2,(H,24,26)/b6-5-. The fraction of sp³-hybridized carbons (Fsp3) is 0.545. The largest absolute Gasteiger partial charge is 0.514 e. The van der Waals surface area contributed by atoms with Crippen molar-refractivity contribution in [2.75, 3.05) is 52.1 Å². The Labute approximate surface area is 203 Å². The quantitative estimate of drug-likeness (QED) is 0.0594. The number of carbonyl (C=O) groups excluding carboxylic acids is 2. The molecule has 1 rings (SSSR count). The molecule has 34 heavy (non-hydrogen) atoms. The number of carbonyl (C=O) groups is 2. The SMILES string of the molecule is O=C(NCCOCCOCCCCCCCl)OC/C=C\COC(=O)Oc1ccc([N+](=O)[O-])cc1. The van der Waals surface area contributed by atoms with E-state index in [1.165, 1.54) is 36.4 Å². The van der Waals surface area contributed by atoms with Crippen LogP contribution in [0.1, 0.15) is 25.7 Å². The second-order valence-corrected chi connectivity index (χ2v) is 7.12. The molecule has 0 aliphatic carbocycles. The number of hydrogen-bond acceptors (Lipinski definition) is 9. The average Bonchev–Trinajstić information content (AvgIpc) is 2.82. The topological polar surface area (TPSA) is 135 Å². The van der Waals surface area contributed by atoms with Gasteiger partial charge in [-0.25, -0.2) is 9.59 Å². The van der Waals surface area contributed by atoms with Crippen molar-refractivity contribution in [3.63, 3.8) is 0 Å². The Kier molecular flexibility index (Phi) is 16.8. The van der Waals surface area contributed by atoms with Crippen LogP contribution in [0.25, 0.3) is 0 Å². The molecular weight excluding hydrogens is 472 g/mol. The summed E-state index contributed by atoms with van der Waals surface area (Å²) in [6, 6.07) is 4.99. The Morgan fingerprint density at radius 3 is 2.24 bits per heavy atom. The number of amides is 1. The van der Waals surface area contributed by atoms with Crippen molar-refractivity contribution in [3.05, 3.63) is 46.5 Å². The van der Waals surface area contributed by atoms with Gasteiger partial charge in [0.2, 0.25) is 0 Å². The zero-order valence-electron chi connectivity index (χ0n) is 18.9. The van der Waals surface area contributed by atoms with Gasteiger partial charge in [0, 0.05) is 31.2 Å². The summed E-state index contributed by atoms with van der Waals surface area (Å²) in [5.41, 5.74) is -0.120. The number of unbranched alkanes of at least 4 members (excludes halogenated alkanes) is 3. The Morgan fingerprint density at radius 1 is 0.912 bits per heavy atom. The lowest BCUT2D eigenvalue weighted by molar-refractivity contribution is -0.384. The first kappa shape index (κ1) is 29.1. The predicted octanol–water partition coefficient (Wildman–Crippen LogP) is 4.23. The van der Waals surface area contributed by atoms with Gasteiger partial charge in [-0.15, -0.1) is 11.6 Å². The number of rotatable bonds is 18. The van der Waals surface area contributed by atoms with Crippen LogP contribution in [-0.4, -0.2) is 69.2 Å². The van der Waals surface area contributed by atoms with Crippen molar-refractivity contribution >= 4 is 29.5 Å². The highest BCUT2D eigenvalue weighted by Crippen LogP contribution is 2.17. The normalized spacial score (nSPS) is 10.7. The lowest BCUT2D eigenvalue weighted by atomic mass is 10.2. The van der Waals surface area contributed by atoms with Crippen LogP contribution < -0.4 is 10.1 Å². The molecule has 11 nitrogen and oxygen atoms in total. The Bertz CT molecular complexity index is 744. The van der Waals surface area contributed by atoms with E-state index in [2.05, 4.69) is 5.32 Å². The van der Waals surface area contributed by atoms with E-state index in [-0.39, 0.29) is 24.7 Å². The van der Waals surface area contributed by atoms with Crippen molar-refractivity contribution in [1.82, 2.24) is 5.32 Å². The molecule has 0 fully saturated rings. The summed E-state index contributed by atoms with van der Waals surface area (Å²) in [7, 11) is 0. The number of halogens is 1. The van der Waals surface area contributed by atoms with Gasteiger partial charge in [0.1, 0.15) is 19.0 Å². The molecule has 0 saturated heterocycles. The van der Waals surface area contributed by atoms with E-state index in [0.717, 1.165) is 25.7 Å². The van der Waals surface area contributed by atoms with Crippen molar-refractivity contribution in [2.24, 2.45) is 0 Å². The molecule has 1 amide bonds. The fourth-order valence-electron chi connectivity index (χ4n) is 2.39. The van der Waals surface area contributed by atoms with Crippen LogP contribution >= 0.6 is 11.6 Å². The molecule has 0 aliphatic rings. The van der Waals surface area contributed by atoms with Crippen LogP contribution in [-0.2, 0) is 18.9 Å². The molecule has 190 valence electrons. The molecule has 0 aromatic heterocycles. The van der Waals surface area contributed by atoms with Crippen molar-refractivity contribution < 1.29 is 38.2 Å². The van der Waals surface area contributed by atoms with Gasteiger partial charge in [-0.05, 0) is 37.1 Å². The average molecular weight is 503 g/mol. The first-order valence-electron chi connectivity index (χ1n) is 10.9. The summed E-state index contributed by atoms with van der Waals surface area (Å²) < 4.78 is 25.4. The van der Waals surface area contributed by atoms with Crippen molar-refractivity contribution in [1.29, 1.82) is 0 Å².